The molecule has 8 heteroatoms. The molecule has 1 heterocycles. The van der Waals surface area contributed by atoms with Crippen molar-refractivity contribution in [1.82, 2.24) is 5.32 Å². The normalized spacial score (nSPS) is 25.6. The first-order valence-corrected chi connectivity index (χ1v) is 8.49. The lowest BCUT2D eigenvalue weighted by Gasteiger charge is -2.25. The van der Waals surface area contributed by atoms with Gasteiger partial charge in [0, 0.05) is 5.92 Å². The van der Waals surface area contributed by atoms with Crippen molar-refractivity contribution in [3.05, 3.63) is 58.5 Å². The first kappa shape index (κ1) is 19.4. The number of amides is 1. The first-order valence-electron chi connectivity index (χ1n) is 8.49. The van der Waals surface area contributed by atoms with Gasteiger partial charge in [-0.25, -0.2) is 0 Å². The van der Waals surface area contributed by atoms with Crippen molar-refractivity contribution in [2.24, 2.45) is 0 Å². The molecule has 0 spiro atoms. The summed E-state index contributed by atoms with van der Waals surface area (Å²) < 4.78 is 44.0. The summed E-state index contributed by atoms with van der Waals surface area (Å²) in [6.45, 7) is 3.17. The number of benzene rings is 1. The summed E-state index contributed by atoms with van der Waals surface area (Å²) in [4.78, 5) is 12.5. The summed E-state index contributed by atoms with van der Waals surface area (Å²) in [5.74, 6) is -2.86. The Morgan fingerprint density at radius 3 is 2.52 bits per heavy atom. The van der Waals surface area contributed by atoms with Crippen LogP contribution in [0.15, 0.2) is 34.7 Å². The van der Waals surface area contributed by atoms with E-state index in [1.165, 1.54) is 6.92 Å². The Kier molecular flexibility index (Phi) is 5.05. The van der Waals surface area contributed by atoms with Crippen LogP contribution in [0.3, 0.4) is 0 Å². The van der Waals surface area contributed by atoms with E-state index in [4.69, 9.17) is 0 Å². The fraction of sp³-hybridized carbons (Fsp3) is 0.421. The molecule has 0 aliphatic heterocycles. The van der Waals surface area contributed by atoms with Crippen LogP contribution in [0.5, 0.6) is 0 Å². The number of alkyl halides is 3. The van der Waals surface area contributed by atoms with Gasteiger partial charge < -0.3 is 19.9 Å². The van der Waals surface area contributed by atoms with Crippen LogP contribution in [-0.2, 0) is 6.18 Å². The maximum absolute atomic E-state index is 13.1. The van der Waals surface area contributed by atoms with Gasteiger partial charge in [0.2, 0.25) is 5.76 Å². The molecular formula is C19H20F3NO4. The molecule has 1 saturated carbocycles. The summed E-state index contributed by atoms with van der Waals surface area (Å²) >= 11 is 0. The fourth-order valence-electron chi connectivity index (χ4n) is 3.66. The molecule has 5 nitrogen and oxygen atoms in total. The van der Waals surface area contributed by atoms with E-state index >= 15 is 0 Å². The van der Waals surface area contributed by atoms with Crippen molar-refractivity contribution >= 4 is 5.91 Å². The number of rotatable bonds is 3. The predicted octanol–water partition coefficient (Wildman–Crippen LogP) is 2.92. The minimum Gasteiger partial charge on any atom is -0.456 e. The van der Waals surface area contributed by atoms with E-state index in [0.29, 0.717) is 0 Å². The SMILES string of the molecule is Cc1cc(C(=O)NC2C(c3ccccc3C)CC(O)C2O)c(C(F)(F)F)o1. The Hall–Kier alpha value is -2.32. The van der Waals surface area contributed by atoms with Crippen molar-refractivity contribution in [1.29, 1.82) is 0 Å². The standard InChI is InChI=1S/C19H20F3NO4/c1-9-5-3-4-6-11(9)12-8-14(24)16(25)15(12)23-18(26)13-7-10(2)27-17(13)19(20,21)22/h3-7,12,14-16,24-25H,8H2,1-2H3,(H,23,26). The topological polar surface area (TPSA) is 82.7 Å². The molecule has 27 heavy (non-hydrogen) atoms. The number of carbonyl (C=O) groups is 1. The van der Waals surface area contributed by atoms with Gasteiger partial charge in [0.05, 0.1) is 17.7 Å². The highest BCUT2D eigenvalue weighted by molar-refractivity contribution is 5.95. The molecule has 2 aromatic rings. The zero-order chi connectivity index (χ0) is 19.9. The number of carbonyl (C=O) groups excluding carboxylic acids is 1. The van der Waals surface area contributed by atoms with Crippen LogP contribution >= 0.6 is 0 Å². The summed E-state index contributed by atoms with van der Waals surface area (Å²) in [6, 6.07) is 7.38. The molecule has 3 N–H and O–H groups in total. The van der Waals surface area contributed by atoms with Gasteiger partial charge in [-0.3, -0.25) is 4.79 Å². The minimum atomic E-state index is -4.82. The Morgan fingerprint density at radius 1 is 1.22 bits per heavy atom. The average Bonchev–Trinajstić information content (AvgIpc) is 3.11. The molecule has 1 aromatic heterocycles. The summed E-state index contributed by atoms with van der Waals surface area (Å²) in [6.07, 6.45) is -7.01. The number of hydrogen-bond donors (Lipinski definition) is 3. The fourth-order valence-corrected chi connectivity index (χ4v) is 3.66. The van der Waals surface area contributed by atoms with Crippen molar-refractivity contribution in [2.45, 2.75) is 50.6 Å². The largest absolute Gasteiger partial charge is 0.456 e. The highest BCUT2D eigenvalue weighted by Gasteiger charge is 2.45. The molecule has 146 valence electrons. The molecule has 0 bridgehead atoms. The van der Waals surface area contributed by atoms with Crippen molar-refractivity contribution in [3.63, 3.8) is 0 Å². The average molecular weight is 383 g/mol. The quantitative estimate of drug-likeness (QED) is 0.761. The Labute approximate surface area is 153 Å². The van der Waals surface area contributed by atoms with E-state index in [2.05, 4.69) is 9.73 Å². The predicted molar refractivity (Wildman–Crippen MR) is 90.3 cm³/mol. The van der Waals surface area contributed by atoms with Crippen LogP contribution < -0.4 is 5.32 Å². The smallest absolute Gasteiger partial charge is 0.450 e. The van der Waals surface area contributed by atoms with Crippen LogP contribution in [0.4, 0.5) is 13.2 Å². The van der Waals surface area contributed by atoms with Crippen LogP contribution in [-0.4, -0.2) is 34.4 Å². The van der Waals surface area contributed by atoms with Crippen molar-refractivity contribution < 1.29 is 32.6 Å². The maximum atomic E-state index is 13.1. The second-order valence-electron chi connectivity index (χ2n) is 6.85. The van der Waals surface area contributed by atoms with E-state index in [1.54, 1.807) is 6.07 Å². The zero-order valence-electron chi connectivity index (χ0n) is 14.7. The second kappa shape index (κ2) is 7.01. The van der Waals surface area contributed by atoms with Gasteiger partial charge in [-0.1, -0.05) is 24.3 Å². The third kappa shape index (κ3) is 3.72. The highest BCUT2D eigenvalue weighted by Crippen LogP contribution is 2.38. The van der Waals surface area contributed by atoms with Crippen LogP contribution in [0, 0.1) is 13.8 Å². The van der Waals surface area contributed by atoms with E-state index in [9.17, 15) is 28.2 Å². The molecule has 4 atom stereocenters. The van der Waals surface area contributed by atoms with Gasteiger partial charge in [-0.2, -0.15) is 13.2 Å². The summed E-state index contributed by atoms with van der Waals surface area (Å²) in [5.41, 5.74) is 1.08. The minimum absolute atomic E-state index is 0.0464. The third-order valence-corrected chi connectivity index (χ3v) is 4.93. The number of aryl methyl sites for hydroxylation is 2. The van der Waals surface area contributed by atoms with Crippen molar-refractivity contribution in [3.8, 4) is 0 Å². The van der Waals surface area contributed by atoms with E-state index < -0.39 is 47.6 Å². The number of hydrogen-bond acceptors (Lipinski definition) is 4. The molecule has 0 radical (unpaired) electrons. The van der Waals surface area contributed by atoms with Crippen LogP contribution in [0.1, 0.15) is 45.3 Å². The highest BCUT2D eigenvalue weighted by atomic mass is 19.4. The molecule has 1 aliphatic rings. The van der Waals surface area contributed by atoms with E-state index in [1.807, 2.05) is 25.1 Å². The molecule has 1 fully saturated rings. The molecule has 0 saturated heterocycles. The molecule has 1 aliphatic carbocycles. The van der Waals surface area contributed by atoms with Crippen LogP contribution in [0.2, 0.25) is 0 Å². The Bertz CT molecular complexity index is 846. The third-order valence-electron chi connectivity index (χ3n) is 4.93. The van der Waals surface area contributed by atoms with E-state index in [0.717, 1.165) is 17.2 Å². The molecular weight excluding hydrogens is 363 g/mol. The lowest BCUT2D eigenvalue weighted by atomic mass is 9.90. The molecule has 3 rings (SSSR count). The van der Waals surface area contributed by atoms with Gasteiger partial charge in [-0.05, 0) is 37.5 Å². The number of aliphatic hydroxyl groups excluding tert-OH is 2. The molecule has 4 unspecified atom stereocenters. The first-order chi connectivity index (χ1) is 12.6. The summed E-state index contributed by atoms with van der Waals surface area (Å²) in [5, 5.41) is 22.8. The lowest BCUT2D eigenvalue weighted by molar-refractivity contribution is -0.153. The number of furan rings is 1. The van der Waals surface area contributed by atoms with Gasteiger partial charge in [0.15, 0.2) is 0 Å². The molecule has 1 aromatic carbocycles. The number of halogens is 3. The molecule has 1 amide bonds. The zero-order valence-corrected chi connectivity index (χ0v) is 14.7. The Balaban J connectivity index is 1.91. The van der Waals surface area contributed by atoms with Crippen LogP contribution in [0.25, 0.3) is 0 Å². The van der Waals surface area contributed by atoms with E-state index in [-0.39, 0.29) is 12.2 Å². The van der Waals surface area contributed by atoms with Crippen molar-refractivity contribution in [2.75, 3.05) is 0 Å². The second-order valence-corrected chi connectivity index (χ2v) is 6.85. The Morgan fingerprint density at radius 2 is 1.89 bits per heavy atom. The maximum Gasteiger partial charge on any atom is 0.450 e. The van der Waals surface area contributed by atoms with Gasteiger partial charge in [0.1, 0.15) is 11.9 Å². The van der Waals surface area contributed by atoms with Gasteiger partial charge >= 0.3 is 6.18 Å². The number of nitrogens with one attached hydrogen (secondary N) is 1. The van der Waals surface area contributed by atoms with Gasteiger partial charge in [-0.15, -0.1) is 0 Å². The van der Waals surface area contributed by atoms with Gasteiger partial charge in [0.25, 0.3) is 5.91 Å². The monoisotopic (exact) mass is 383 g/mol. The number of aliphatic hydroxyl groups is 2. The lowest BCUT2D eigenvalue weighted by Crippen LogP contribution is -2.45. The summed E-state index contributed by atoms with van der Waals surface area (Å²) in [7, 11) is 0.